The molecule has 1 aliphatic carbocycles. The van der Waals surface area contributed by atoms with Crippen molar-refractivity contribution in [2.45, 2.75) is 44.2 Å². The lowest BCUT2D eigenvalue weighted by molar-refractivity contribution is 0.0622. The Hall–Kier alpha value is -1.58. The second kappa shape index (κ2) is 6.04. The number of phenols is 1. The van der Waals surface area contributed by atoms with Gasteiger partial charge in [0, 0.05) is 5.39 Å². The molecule has 112 valence electrons. The Morgan fingerprint density at radius 2 is 1.62 bits per heavy atom. The average molecular weight is 285 g/mol. The lowest BCUT2D eigenvalue weighted by Gasteiger charge is -2.31. The van der Waals surface area contributed by atoms with E-state index in [1.165, 1.54) is 19.3 Å². The summed E-state index contributed by atoms with van der Waals surface area (Å²) in [6.07, 6.45) is 5.24. The largest absolute Gasteiger partial charge is 0.507 e. The van der Waals surface area contributed by atoms with Gasteiger partial charge < -0.3 is 15.9 Å². The molecule has 2 aromatic carbocycles. The van der Waals surface area contributed by atoms with Crippen LogP contribution in [0.15, 0.2) is 36.4 Å². The van der Waals surface area contributed by atoms with Crippen molar-refractivity contribution in [2.75, 3.05) is 0 Å². The van der Waals surface area contributed by atoms with Crippen molar-refractivity contribution in [3.05, 3.63) is 42.0 Å². The highest BCUT2D eigenvalue weighted by molar-refractivity contribution is 5.91. The Labute approximate surface area is 125 Å². The van der Waals surface area contributed by atoms with E-state index in [-0.39, 0.29) is 5.75 Å². The Morgan fingerprint density at radius 3 is 2.33 bits per heavy atom. The second-order valence-corrected chi connectivity index (χ2v) is 6.13. The van der Waals surface area contributed by atoms with E-state index in [1.807, 2.05) is 30.3 Å². The molecule has 3 nitrogen and oxygen atoms in total. The van der Waals surface area contributed by atoms with Crippen LogP contribution in [-0.4, -0.2) is 16.3 Å². The van der Waals surface area contributed by atoms with Crippen molar-refractivity contribution in [1.29, 1.82) is 0 Å². The van der Waals surface area contributed by atoms with Gasteiger partial charge >= 0.3 is 0 Å². The summed E-state index contributed by atoms with van der Waals surface area (Å²) in [7, 11) is 0. The van der Waals surface area contributed by atoms with E-state index >= 15 is 0 Å². The molecule has 3 rings (SSSR count). The molecule has 0 radical (unpaired) electrons. The molecule has 0 amide bonds. The smallest absolute Gasteiger partial charge is 0.123 e. The molecule has 4 N–H and O–H groups in total. The molecule has 0 unspecified atom stereocenters. The van der Waals surface area contributed by atoms with Crippen molar-refractivity contribution in [3.8, 4) is 5.75 Å². The fourth-order valence-corrected chi connectivity index (χ4v) is 3.55. The van der Waals surface area contributed by atoms with Crippen LogP contribution in [0, 0.1) is 5.92 Å². The second-order valence-electron chi connectivity index (χ2n) is 6.13. The van der Waals surface area contributed by atoms with Crippen LogP contribution >= 0.6 is 0 Å². The number of nitrogens with two attached hydrogens (primary N) is 1. The first kappa shape index (κ1) is 14.4. The summed E-state index contributed by atoms with van der Waals surface area (Å²) in [6.45, 7) is 0. The van der Waals surface area contributed by atoms with Gasteiger partial charge in [-0.2, -0.15) is 0 Å². The Morgan fingerprint density at radius 1 is 0.952 bits per heavy atom. The SMILES string of the molecule is N[C@H](c1ccc(O)c2ccccc12)[C@@H](O)C1CCCCC1. The molecule has 0 saturated heterocycles. The third-order valence-corrected chi connectivity index (χ3v) is 4.79. The maximum atomic E-state index is 10.6. The van der Waals surface area contributed by atoms with Crippen molar-refractivity contribution in [1.82, 2.24) is 0 Å². The van der Waals surface area contributed by atoms with Crippen molar-refractivity contribution < 1.29 is 10.2 Å². The minimum atomic E-state index is -0.516. The van der Waals surface area contributed by atoms with Gasteiger partial charge in [-0.3, -0.25) is 0 Å². The van der Waals surface area contributed by atoms with Gasteiger partial charge in [-0.1, -0.05) is 49.6 Å². The van der Waals surface area contributed by atoms with E-state index in [0.717, 1.165) is 29.2 Å². The summed E-state index contributed by atoms with van der Waals surface area (Å²) in [4.78, 5) is 0. The summed E-state index contributed by atoms with van der Waals surface area (Å²) in [5.74, 6) is 0.551. The van der Waals surface area contributed by atoms with Gasteiger partial charge in [0.1, 0.15) is 5.75 Å². The predicted molar refractivity (Wildman–Crippen MR) is 85.1 cm³/mol. The topological polar surface area (TPSA) is 66.5 Å². The van der Waals surface area contributed by atoms with Crippen LogP contribution < -0.4 is 5.73 Å². The standard InChI is InChI=1S/C18H23NO2/c19-17(18(21)12-6-2-1-3-7-12)15-10-11-16(20)14-9-5-4-8-13(14)15/h4-5,8-12,17-18,20-21H,1-3,6-7,19H2/t17-,18+/m1/s1. The molecule has 21 heavy (non-hydrogen) atoms. The van der Waals surface area contributed by atoms with Crippen LogP contribution in [0.2, 0.25) is 0 Å². The van der Waals surface area contributed by atoms with Gasteiger partial charge in [-0.25, -0.2) is 0 Å². The van der Waals surface area contributed by atoms with Crippen LogP contribution in [0.5, 0.6) is 5.75 Å². The molecule has 0 heterocycles. The van der Waals surface area contributed by atoms with E-state index in [4.69, 9.17) is 5.73 Å². The molecule has 0 bridgehead atoms. The Balaban J connectivity index is 1.94. The number of rotatable bonds is 3. The number of hydrogen-bond acceptors (Lipinski definition) is 3. The van der Waals surface area contributed by atoms with Gasteiger partial charge in [-0.05, 0) is 35.8 Å². The maximum Gasteiger partial charge on any atom is 0.123 e. The molecular formula is C18H23NO2. The minimum absolute atomic E-state index is 0.258. The highest BCUT2D eigenvalue weighted by Crippen LogP contribution is 2.35. The normalized spacial score (nSPS) is 19.5. The highest BCUT2D eigenvalue weighted by Gasteiger charge is 2.28. The molecule has 1 aliphatic rings. The van der Waals surface area contributed by atoms with E-state index < -0.39 is 12.1 Å². The number of aliphatic hydroxyl groups is 1. The minimum Gasteiger partial charge on any atom is -0.507 e. The highest BCUT2D eigenvalue weighted by atomic mass is 16.3. The molecule has 3 heteroatoms. The fraction of sp³-hybridized carbons (Fsp3) is 0.444. The lowest BCUT2D eigenvalue weighted by Crippen LogP contribution is -2.34. The van der Waals surface area contributed by atoms with E-state index in [9.17, 15) is 10.2 Å². The number of fused-ring (bicyclic) bond motifs is 1. The average Bonchev–Trinajstić information content (AvgIpc) is 2.55. The van der Waals surface area contributed by atoms with Crippen LogP contribution in [0.1, 0.15) is 43.7 Å². The first-order chi connectivity index (χ1) is 10.2. The number of aliphatic hydroxyl groups excluding tert-OH is 1. The molecule has 0 aliphatic heterocycles. The number of benzene rings is 2. The lowest BCUT2D eigenvalue weighted by atomic mass is 9.80. The van der Waals surface area contributed by atoms with Crippen molar-refractivity contribution in [3.63, 3.8) is 0 Å². The van der Waals surface area contributed by atoms with Gasteiger partial charge in [0.25, 0.3) is 0 Å². The first-order valence-electron chi connectivity index (χ1n) is 7.83. The predicted octanol–water partition coefficient (Wildman–Crippen LogP) is 3.49. The summed E-state index contributed by atoms with van der Waals surface area (Å²) in [5.41, 5.74) is 7.27. The molecule has 2 atom stereocenters. The zero-order valence-electron chi connectivity index (χ0n) is 12.2. The molecule has 1 fully saturated rings. The third kappa shape index (κ3) is 2.76. The summed E-state index contributed by atoms with van der Waals surface area (Å²) in [6, 6.07) is 10.8. The molecule has 1 saturated carbocycles. The molecule has 0 aromatic heterocycles. The molecule has 0 spiro atoms. The summed E-state index contributed by atoms with van der Waals surface area (Å²) >= 11 is 0. The van der Waals surface area contributed by atoms with Crippen LogP contribution in [-0.2, 0) is 0 Å². The van der Waals surface area contributed by atoms with Gasteiger partial charge in [0.2, 0.25) is 0 Å². The number of hydrogen-bond donors (Lipinski definition) is 3. The zero-order chi connectivity index (χ0) is 14.8. The number of phenolic OH excluding ortho intramolecular Hbond substituents is 1. The molecular weight excluding hydrogens is 262 g/mol. The first-order valence-corrected chi connectivity index (χ1v) is 7.83. The quantitative estimate of drug-likeness (QED) is 0.808. The van der Waals surface area contributed by atoms with Crippen LogP contribution in [0.25, 0.3) is 10.8 Å². The van der Waals surface area contributed by atoms with Crippen molar-refractivity contribution in [2.24, 2.45) is 11.7 Å². The monoisotopic (exact) mass is 285 g/mol. The summed E-state index contributed by atoms with van der Waals surface area (Å²) in [5, 5.41) is 22.3. The molecule has 2 aromatic rings. The fourth-order valence-electron chi connectivity index (χ4n) is 3.55. The van der Waals surface area contributed by atoms with Crippen molar-refractivity contribution >= 4 is 10.8 Å². The van der Waals surface area contributed by atoms with E-state index in [2.05, 4.69) is 0 Å². The third-order valence-electron chi connectivity index (χ3n) is 4.79. The summed E-state index contributed by atoms with van der Waals surface area (Å²) < 4.78 is 0. The Kier molecular flexibility index (Phi) is 4.13. The van der Waals surface area contributed by atoms with Crippen LogP contribution in [0.4, 0.5) is 0 Å². The van der Waals surface area contributed by atoms with Crippen LogP contribution in [0.3, 0.4) is 0 Å². The number of aromatic hydroxyl groups is 1. The van der Waals surface area contributed by atoms with Gasteiger partial charge in [-0.15, -0.1) is 0 Å². The zero-order valence-corrected chi connectivity index (χ0v) is 12.2. The maximum absolute atomic E-state index is 10.6. The van der Waals surface area contributed by atoms with Gasteiger partial charge in [0.15, 0.2) is 0 Å². The van der Waals surface area contributed by atoms with Gasteiger partial charge in [0.05, 0.1) is 12.1 Å². The van der Waals surface area contributed by atoms with E-state index in [1.54, 1.807) is 6.07 Å². The van der Waals surface area contributed by atoms with E-state index in [0.29, 0.717) is 5.92 Å². The Bertz CT molecular complexity index is 620.